The molecule has 0 fully saturated rings. The van der Waals surface area contributed by atoms with Crippen LogP contribution in [0.5, 0.6) is 17.2 Å². The second-order valence-corrected chi connectivity index (χ2v) is 6.14. The Labute approximate surface area is 163 Å². The van der Waals surface area contributed by atoms with Crippen molar-refractivity contribution in [2.45, 2.75) is 12.8 Å². The van der Waals surface area contributed by atoms with Gasteiger partial charge in [0.1, 0.15) is 17.2 Å². The maximum absolute atomic E-state index is 12.3. The molecule has 0 aliphatic rings. The molecule has 0 aromatic heterocycles. The van der Waals surface area contributed by atoms with Crippen LogP contribution in [0.3, 0.4) is 0 Å². The molecule has 0 unspecified atom stereocenters. The average molecular weight is 375 g/mol. The van der Waals surface area contributed by atoms with Crippen LogP contribution in [0.4, 0.5) is 5.69 Å². The lowest BCUT2D eigenvalue weighted by Gasteiger charge is -2.07. The highest BCUT2D eigenvalue weighted by molar-refractivity contribution is 6.00. The summed E-state index contributed by atoms with van der Waals surface area (Å²) in [5, 5.41) is 2.77. The molecule has 0 radical (unpaired) electrons. The summed E-state index contributed by atoms with van der Waals surface area (Å²) < 4.78 is 10.8. The Bertz CT molecular complexity index is 919. The Balaban J connectivity index is 1.49. The van der Waals surface area contributed by atoms with E-state index in [1.807, 2.05) is 30.3 Å². The smallest absolute Gasteiger partial charge is 0.224 e. The minimum absolute atomic E-state index is 0.0869. The largest absolute Gasteiger partial charge is 0.497 e. The number of nitrogens with one attached hydrogen (secondary N) is 1. The van der Waals surface area contributed by atoms with E-state index in [1.54, 1.807) is 55.6 Å². The molecule has 0 heterocycles. The number of amides is 1. The zero-order valence-electron chi connectivity index (χ0n) is 15.6. The van der Waals surface area contributed by atoms with E-state index in [4.69, 9.17) is 9.47 Å². The summed E-state index contributed by atoms with van der Waals surface area (Å²) in [4.78, 5) is 24.4. The molecular formula is C23H21NO4. The number of ketones is 1. The fourth-order valence-electron chi connectivity index (χ4n) is 2.60. The van der Waals surface area contributed by atoms with Crippen LogP contribution in [0.1, 0.15) is 23.2 Å². The number of Topliss-reactive ketones (excluding diaryl/α,β-unsaturated/α-hetero) is 1. The van der Waals surface area contributed by atoms with Crippen molar-refractivity contribution < 1.29 is 19.1 Å². The highest BCUT2D eigenvalue weighted by Gasteiger charge is 2.10. The van der Waals surface area contributed by atoms with E-state index in [9.17, 15) is 9.59 Å². The van der Waals surface area contributed by atoms with Crippen LogP contribution in [0, 0.1) is 0 Å². The molecule has 0 spiro atoms. The normalized spacial score (nSPS) is 10.2. The highest BCUT2D eigenvalue weighted by atomic mass is 16.5. The van der Waals surface area contributed by atoms with Gasteiger partial charge in [-0.2, -0.15) is 0 Å². The molecule has 5 heteroatoms. The van der Waals surface area contributed by atoms with E-state index < -0.39 is 0 Å². The first-order chi connectivity index (χ1) is 13.6. The van der Waals surface area contributed by atoms with Gasteiger partial charge in [-0.15, -0.1) is 0 Å². The lowest BCUT2D eigenvalue weighted by molar-refractivity contribution is -0.116. The summed E-state index contributed by atoms with van der Waals surface area (Å²) in [5.41, 5.74) is 1.22. The molecule has 0 saturated heterocycles. The minimum Gasteiger partial charge on any atom is -0.497 e. The van der Waals surface area contributed by atoms with Crippen LogP contribution < -0.4 is 14.8 Å². The molecule has 0 bridgehead atoms. The Morgan fingerprint density at radius 2 is 1.36 bits per heavy atom. The maximum atomic E-state index is 12.3. The van der Waals surface area contributed by atoms with Gasteiger partial charge >= 0.3 is 0 Å². The van der Waals surface area contributed by atoms with E-state index in [2.05, 4.69) is 5.32 Å². The number of rotatable bonds is 8. The van der Waals surface area contributed by atoms with Crippen LogP contribution in [0.25, 0.3) is 0 Å². The van der Waals surface area contributed by atoms with E-state index in [1.165, 1.54) is 0 Å². The third-order valence-electron chi connectivity index (χ3n) is 4.11. The van der Waals surface area contributed by atoms with Gasteiger partial charge in [-0.3, -0.25) is 9.59 Å². The van der Waals surface area contributed by atoms with Crippen molar-refractivity contribution in [3.63, 3.8) is 0 Å². The fraction of sp³-hybridized carbons (Fsp3) is 0.130. The number of hydrogen-bond donors (Lipinski definition) is 1. The van der Waals surface area contributed by atoms with Gasteiger partial charge in [-0.25, -0.2) is 0 Å². The van der Waals surface area contributed by atoms with Gasteiger partial charge in [0.25, 0.3) is 0 Å². The predicted molar refractivity (Wildman–Crippen MR) is 108 cm³/mol. The van der Waals surface area contributed by atoms with Crippen LogP contribution >= 0.6 is 0 Å². The summed E-state index contributed by atoms with van der Waals surface area (Å²) in [7, 11) is 1.58. The van der Waals surface area contributed by atoms with Crippen molar-refractivity contribution in [3.05, 3.63) is 84.4 Å². The van der Waals surface area contributed by atoms with Crippen LogP contribution in [0.15, 0.2) is 78.9 Å². The summed E-state index contributed by atoms with van der Waals surface area (Å²) in [6, 6.07) is 23.4. The average Bonchev–Trinajstić information content (AvgIpc) is 2.74. The number of methoxy groups -OCH3 is 1. The van der Waals surface area contributed by atoms with Crippen molar-refractivity contribution in [1.82, 2.24) is 0 Å². The van der Waals surface area contributed by atoms with E-state index in [-0.39, 0.29) is 24.5 Å². The van der Waals surface area contributed by atoms with Crippen molar-refractivity contribution in [2.24, 2.45) is 0 Å². The third-order valence-corrected chi connectivity index (χ3v) is 4.11. The molecule has 1 N–H and O–H groups in total. The summed E-state index contributed by atoms with van der Waals surface area (Å²) in [6.45, 7) is 0. The molecule has 0 saturated carbocycles. The minimum atomic E-state index is -0.206. The molecule has 3 aromatic carbocycles. The lowest BCUT2D eigenvalue weighted by atomic mass is 10.1. The maximum Gasteiger partial charge on any atom is 0.224 e. The third kappa shape index (κ3) is 5.45. The molecular weight excluding hydrogens is 354 g/mol. The van der Waals surface area contributed by atoms with Crippen molar-refractivity contribution in [1.29, 1.82) is 0 Å². The first-order valence-corrected chi connectivity index (χ1v) is 8.94. The number of benzene rings is 3. The zero-order chi connectivity index (χ0) is 19.8. The van der Waals surface area contributed by atoms with Gasteiger partial charge < -0.3 is 14.8 Å². The molecule has 0 aliphatic carbocycles. The summed E-state index contributed by atoms with van der Waals surface area (Å²) >= 11 is 0. The van der Waals surface area contributed by atoms with Gasteiger partial charge in [0, 0.05) is 24.1 Å². The predicted octanol–water partition coefficient (Wildman–Crippen LogP) is 5.09. The Morgan fingerprint density at radius 3 is 2.00 bits per heavy atom. The topological polar surface area (TPSA) is 64.6 Å². The van der Waals surface area contributed by atoms with Crippen molar-refractivity contribution >= 4 is 17.4 Å². The van der Waals surface area contributed by atoms with Gasteiger partial charge in [-0.1, -0.05) is 18.2 Å². The molecule has 1 amide bonds. The molecule has 0 aliphatic heterocycles. The van der Waals surface area contributed by atoms with Gasteiger partial charge in [0.2, 0.25) is 5.91 Å². The van der Waals surface area contributed by atoms with Crippen molar-refractivity contribution in [3.8, 4) is 17.2 Å². The van der Waals surface area contributed by atoms with Crippen LogP contribution in [0.2, 0.25) is 0 Å². The number of carbonyl (C=O) groups excluding carboxylic acids is 2. The number of para-hydroxylation sites is 1. The Hall–Kier alpha value is -3.60. The molecule has 3 aromatic rings. The van der Waals surface area contributed by atoms with E-state index in [0.717, 1.165) is 5.75 Å². The highest BCUT2D eigenvalue weighted by Crippen LogP contribution is 2.22. The quantitative estimate of drug-likeness (QED) is 0.557. The summed E-state index contributed by atoms with van der Waals surface area (Å²) in [5.74, 6) is 1.81. The first kappa shape index (κ1) is 19.2. The van der Waals surface area contributed by atoms with Crippen LogP contribution in [-0.4, -0.2) is 18.8 Å². The van der Waals surface area contributed by atoms with Crippen molar-refractivity contribution in [2.75, 3.05) is 12.4 Å². The standard InChI is InChI=1S/C23H21NO4/c1-27-19-13-9-18(10-14-19)24-23(26)16-15-22(25)17-7-11-21(12-8-17)28-20-5-3-2-4-6-20/h2-14H,15-16H2,1H3,(H,24,26). The Kier molecular flexibility index (Phi) is 6.41. The van der Waals surface area contributed by atoms with E-state index in [0.29, 0.717) is 22.7 Å². The fourth-order valence-corrected chi connectivity index (χ4v) is 2.60. The Morgan fingerprint density at radius 1 is 0.750 bits per heavy atom. The second kappa shape index (κ2) is 9.37. The summed E-state index contributed by atoms with van der Waals surface area (Å²) in [6.07, 6.45) is 0.258. The van der Waals surface area contributed by atoms with E-state index >= 15 is 0 Å². The monoisotopic (exact) mass is 375 g/mol. The molecule has 0 atom stereocenters. The van der Waals surface area contributed by atoms with Gasteiger partial charge in [-0.05, 0) is 60.7 Å². The first-order valence-electron chi connectivity index (χ1n) is 8.94. The molecule has 5 nitrogen and oxygen atoms in total. The van der Waals surface area contributed by atoms with Crippen LogP contribution in [-0.2, 0) is 4.79 Å². The van der Waals surface area contributed by atoms with Gasteiger partial charge in [0.05, 0.1) is 7.11 Å². The molecule has 3 rings (SSSR count). The molecule has 28 heavy (non-hydrogen) atoms. The zero-order valence-corrected chi connectivity index (χ0v) is 15.6. The number of carbonyl (C=O) groups is 2. The number of anilines is 1. The SMILES string of the molecule is COc1ccc(NC(=O)CCC(=O)c2ccc(Oc3ccccc3)cc2)cc1. The second-order valence-electron chi connectivity index (χ2n) is 6.14. The lowest BCUT2D eigenvalue weighted by Crippen LogP contribution is -2.13. The van der Waals surface area contributed by atoms with Gasteiger partial charge in [0.15, 0.2) is 5.78 Å². The number of hydrogen-bond acceptors (Lipinski definition) is 4. The molecule has 142 valence electrons. The number of ether oxygens (including phenoxy) is 2.